The van der Waals surface area contributed by atoms with E-state index in [2.05, 4.69) is 249 Å². The van der Waals surface area contributed by atoms with Crippen molar-refractivity contribution < 1.29 is 0 Å². The highest BCUT2D eigenvalue weighted by molar-refractivity contribution is 5.01. The van der Waals surface area contributed by atoms with Crippen molar-refractivity contribution in [3.63, 3.8) is 0 Å². The summed E-state index contributed by atoms with van der Waals surface area (Å²) in [5.74, 6) is 11.6. The SMILES string of the molecule is C.C.CC(C)(C)C1CC(C(C)(C)C)C1.CC(C)(C)C1CC1C(C)(C)C.CC(C)(C)C1CC1C(C)(C)C.CC(C)(C)C1CC1C(C)(C)C.CC(C)(C)C1CCC(C(C)(C)C)CC1.CC(C)(C)C1CCCC(C(C)(C)C)C1. The first kappa shape index (κ1) is 77.1. The van der Waals surface area contributed by atoms with E-state index < -0.39 is 0 Å². The molecule has 0 heterocycles. The van der Waals surface area contributed by atoms with Gasteiger partial charge in [-0.2, -0.15) is 0 Å². The Labute approximate surface area is 481 Å². The number of rotatable bonds is 0. The van der Waals surface area contributed by atoms with E-state index in [1.54, 1.807) is 0 Å². The molecular formula is C75H154. The van der Waals surface area contributed by atoms with Crippen molar-refractivity contribution in [1.82, 2.24) is 0 Å². The molecule has 6 saturated carbocycles. The minimum Gasteiger partial charge on any atom is -0.0776 e. The molecule has 8 atom stereocenters. The molecule has 0 N–H and O–H groups in total. The third kappa shape index (κ3) is 27.6. The average molecular weight is 1060 g/mol. The van der Waals surface area contributed by atoms with Crippen molar-refractivity contribution >= 4 is 0 Å². The van der Waals surface area contributed by atoms with Crippen LogP contribution in [0.15, 0.2) is 0 Å². The molecule has 6 rings (SSSR count). The molecule has 0 heteroatoms. The van der Waals surface area contributed by atoms with Crippen LogP contribution < -0.4 is 0 Å². The third-order valence-corrected chi connectivity index (χ3v) is 20.9. The van der Waals surface area contributed by atoms with Gasteiger partial charge in [0.15, 0.2) is 0 Å². The summed E-state index contributed by atoms with van der Waals surface area (Å²) in [5.41, 5.74) is 6.42. The highest BCUT2D eigenvalue weighted by Gasteiger charge is 2.52. The van der Waals surface area contributed by atoms with Gasteiger partial charge in [0.25, 0.3) is 0 Å². The van der Waals surface area contributed by atoms with Gasteiger partial charge in [0.2, 0.25) is 0 Å². The number of hydrogen-bond donors (Lipinski definition) is 0. The van der Waals surface area contributed by atoms with Gasteiger partial charge in [-0.15, -0.1) is 0 Å². The van der Waals surface area contributed by atoms with E-state index >= 15 is 0 Å². The second-order valence-electron chi connectivity index (χ2n) is 39.7. The molecule has 0 aromatic rings. The average Bonchev–Trinajstić information content (AvgIpc) is 3.96. The van der Waals surface area contributed by atoms with Gasteiger partial charge in [0.05, 0.1) is 0 Å². The van der Waals surface area contributed by atoms with Crippen LogP contribution in [0.1, 0.15) is 348 Å². The van der Waals surface area contributed by atoms with Gasteiger partial charge in [-0.25, -0.2) is 0 Å². The molecule has 8 unspecified atom stereocenters. The highest BCUT2D eigenvalue weighted by Crippen LogP contribution is 2.60. The van der Waals surface area contributed by atoms with Gasteiger partial charge >= 0.3 is 0 Å². The van der Waals surface area contributed by atoms with Crippen LogP contribution in [0.2, 0.25) is 0 Å². The smallest absolute Gasteiger partial charge is 0.0329 e. The molecule has 0 amide bonds. The summed E-state index contributed by atoms with van der Waals surface area (Å²) in [4.78, 5) is 0. The molecule has 0 radical (unpaired) electrons. The molecule has 454 valence electrons. The van der Waals surface area contributed by atoms with Crippen LogP contribution in [0.5, 0.6) is 0 Å². The summed E-state index contributed by atoms with van der Waals surface area (Å²) in [6.07, 6.45) is 18.9. The van der Waals surface area contributed by atoms with Gasteiger partial charge in [-0.3, -0.25) is 0 Å². The van der Waals surface area contributed by atoms with Crippen LogP contribution in [0.25, 0.3) is 0 Å². The van der Waals surface area contributed by atoms with E-state index in [0.29, 0.717) is 65.0 Å². The summed E-state index contributed by atoms with van der Waals surface area (Å²) in [7, 11) is 0. The molecule has 0 nitrogen and oxygen atoms in total. The van der Waals surface area contributed by atoms with Crippen LogP contribution in [-0.4, -0.2) is 0 Å². The van der Waals surface area contributed by atoms with Crippen molar-refractivity contribution in [3.05, 3.63) is 0 Å². The number of hydrogen-bond acceptors (Lipinski definition) is 0. The van der Waals surface area contributed by atoms with Crippen molar-refractivity contribution in [2.75, 3.05) is 0 Å². The largest absolute Gasteiger partial charge is 0.0776 e. The first-order valence-electron chi connectivity index (χ1n) is 31.8. The highest BCUT2D eigenvalue weighted by atomic mass is 14.6. The second-order valence-corrected chi connectivity index (χ2v) is 39.7. The second kappa shape index (κ2) is 26.9. The Kier molecular flexibility index (Phi) is 27.7. The molecule has 0 bridgehead atoms. The Morgan fingerprint density at radius 3 is 0.427 bits per heavy atom. The van der Waals surface area contributed by atoms with E-state index in [0.717, 1.165) is 71.0 Å². The van der Waals surface area contributed by atoms with E-state index in [1.807, 2.05) is 0 Å². The molecule has 0 spiro atoms. The van der Waals surface area contributed by atoms with Gasteiger partial charge < -0.3 is 0 Å². The van der Waals surface area contributed by atoms with Crippen molar-refractivity contribution in [3.8, 4) is 0 Å². The monoisotopic (exact) mass is 1060 g/mol. The van der Waals surface area contributed by atoms with E-state index in [9.17, 15) is 0 Å². The third-order valence-electron chi connectivity index (χ3n) is 20.9. The summed E-state index contributed by atoms with van der Waals surface area (Å²) in [6.45, 7) is 85.6. The van der Waals surface area contributed by atoms with Crippen LogP contribution in [0.3, 0.4) is 0 Å². The van der Waals surface area contributed by atoms with Crippen molar-refractivity contribution in [1.29, 1.82) is 0 Å². The Balaban J connectivity index is 0. The molecule has 0 aromatic carbocycles. The predicted molar refractivity (Wildman–Crippen MR) is 349 cm³/mol. The van der Waals surface area contributed by atoms with Crippen LogP contribution >= 0.6 is 0 Å². The van der Waals surface area contributed by atoms with E-state index in [1.165, 1.54) is 83.5 Å². The minimum atomic E-state index is 0. The maximum atomic E-state index is 2.41. The zero-order valence-corrected chi connectivity index (χ0v) is 58.1. The standard InChI is InChI=1S/2C14H28.C12H24.3C11H22.2CH4/c1-13(2,3)11-7-9-12(10-8-11)14(4,5)6;1-13(2,3)11-8-7-9-12(10-11)14(4,5)6;1-11(2,3)9-7-10(8-9)12(4,5)6;3*1-10(2,3)8-7-9(8)11(4,5)6;;/h2*11-12H,7-10H2,1-6H3;9-10H,7-8H2,1-6H3;3*8-9H,7H2,1-6H3;2*1H4. The molecule has 6 aliphatic rings. The maximum Gasteiger partial charge on any atom is -0.0329 e. The summed E-state index contributed by atoms with van der Waals surface area (Å²) in [6, 6.07) is 0. The molecule has 0 aliphatic heterocycles. The molecule has 75 heavy (non-hydrogen) atoms. The lowest BCUT2D eigenvalue weighted by atomic mass is 9.56. The molecule has 0 aromatic heterocycles. The first-order valence-corrected chi connectivity index (χ1v) is 31.8. The van der Waals surface area contributed by atoms with Crippen LogP contribution in [-0.2, 0) is 0 Å². The van der Waals surface area contributed by atoms with E-state index in [4.69, 9.17) is 0 Å². The topological polar surface area (TPSA) is 0 Å². The molecule has 6 aliphatic carbocycles. The van der Waals surface area contributed by atoms with E-state index in [-0.39, 0.29) is 14.9 Å². The lowest BCUT2D eigenvalue weighted by molar-refractivity contribution is 0.0110. The van der Waals surface area contributed by atoms with Gasteiger partial charge in [-0.05, 0) is 213 Å². The lowest BCUT2D eigenvalue weighted by Crippen LogP contribution is -2.40. The van der Waals surface area contributed by atoms with Gasteiger partial charge in [0.1, 0.15) is 0 Å². The van der Waals surface area contributed by atoms with Crippen molar-refractivity contribution in [2.24, 2.45) is 136 Å². The predicted octanol–water partition coefficient (Wildman–Crippen LogP) is 26.3. The van der Waals surface area contributed by atoms with Gasteiger partial charge in [0, 0.05) is 0 Å². The fourth-order valence-corrected chi connectivity index (χ4v) is 13.9. The summed E-state index contributed by atoms with van der Waals surface area (Å²) >= 11 is 0. The maximum absolute atomic E-state index is 2.41. The molecular weight excluding hydrogens is 901 g/mol. The normalized spacial score (nSPS) is 30.6. The summed E-state index contributed by atoms with van der Waals surface area (Å²) < 4.78 is 0. The fraction of sp³-hybridized carbons (Fsp3) is 1.00. The minimum absolute atomic E-state index is 0. The zero-order valence-electron chi connectivity index (χ0n) is 58.1. The molecule has 0 saturated heterocycles. The lowest BCUT2D eigenvalue weighted by Gasteiger charge is -2.49. The summed E-state index contributed by atoms with van der Waals surface area (Å²) in [5, 5.41) is 0. The zero-order chi connectivity index (χ0) is 58.1. The van der Waals surface area contributed by atoms with Gasteiger partial charge in [-0.1, -0.05) is 271 Å². The van der Waals surface area contributed by atoms with Crippen LogP contribution in [0, 0.1) is 136 Å². The molecule has 6 fully saturated rings. The van der Waals surface area contributed by atoms with Crippen molar-refractivity contribution in [2.45, 2.75) is 348 Å². The Morgan fingerprint density at radius 2 is 0.307 bits per heavy atom. The fourth-order valence-electron chi connectivity index (χ4n) is 13.9. The Morgan fingerprint density at radius 1 is 0.160 bits per heavy atom. The quantitative estimate of drug-likeness (QED) is 0.227. The Hall–Kier alpha value is 0. The Bertz CT molecular complexity index is 1340. The first-order chi connectivity index (χ1) is 31.8. The van der Waals surface area contributed by atoms with Crippen LogP contribution in [0.4, 0.5) is 0 Å².